The molecule has 1 fully saturated rings. The highest BCUT2D eigenvalue weighted by atomic mass is 16.5. The summed E-state index contributed by atoms with van der Waals surface area (Å²) < 4.78 is 10.8. The lowest BCUT2D eigenvalue weighted by molar-refractivity contribution is -0.161. The van der Waals surface area contributed by atoms with Crippen molar-refractivity contribution < 1.29 is 14.3 Å². The molecule has 4 heteroatoms. The van der Waals surface area contributed by atoms with Crippen molar-refractivity contribution in [3.8, 4) is 0 Å². The number of ether oxygens (including phenoxy) is 2. The van der Waals surface area contributed by atoms with Crippen LogP contribution in [0.25, 0.3) is 0 Å². The average Bonchev–Trinajstić information content (AvgIpc) is 2.15. The predicted octanol–water partition coefficient (Wildman–Crippen LogP) is 1.05. The molecule has 2 atom stereocenters. The Kier molecular flexibility index (Phi) is 3.73. The summed E-state index contributed by atoms with van der Waals surface area (Å²) in [5.41, 5.74) is -0.739. The molecule has 1 aliphatic rings. The van der Waals surface area contributed by atoms with Gasteiger partial charge in [-0.1, -0.05) is 0 Å². The van der Waals surface area contributed by atoms with Gasteiger partial charge in [0.2, 0.25) is 0 Å². The van der Waals surface area contributed by atoms with E-state index in [0.717, 1.165) is 0 Å². The van der Waals surface area contributed by atoms with Crippen LogP contribution in [0.3, 0.4) is 0 Å². The molecule has 0 unspecified atom stereocenters. The zero-order valence-corrected chi connectivity index (χ0v) is 10.2. The molecule has 88 valence electrons. The number of morpholine rings is 1. The van der Waals surface area contributed by atoms with Crippen LogP contribution in [0.1, 0.15) is 27.7 Å². The third-order valence-electron chi connectivity index (χ3n) is 2.73. The summed E-state index contributed by atoms with van der Waals surface area (Å²) in [6.07, 6.45) is 0.204. The van der Waals surface area contributed by atoms with E-state index >= 15 is 0 Å². The predicted molar refractivity (Wildman–Crippen MR) is 57.7 cm³/mol. The van der Waals surface area contributed by atoms with Gasteiger partial charge in [-0.25, -0.2) is 0 Å². The van der Waals surface area contributed by atoms with Gasteiger partial charge in [0, 0.05) is 20.2 Å². The fraction of sp³-hybridized carbons (Fsp3) is 0.909. The van der Waals surface area contributed by atoms with Crippen LogP contribution in [0.15, 0.2) is 0 Å². The number of rotatable bonds is 2. The maximum absolute atomic E-state index is 12.1. The Hall–Kier alpha value is -0.610. The van der Waals surface area contributed by atoms with Crippen molar-refractivity contribution in [3.63, 3.8) is 0 Å². The molecule has 0 aromatic carbocycles. The zero-order valence-electron chi connectivity index (χ0n) is 10.2. The molecule has 1 heterocycles. The second-order valence-corrected chi connectivity index (χ2v) is 4.68. The number of amides is 1. The number of hydrogen-bond acceptors (Lipinski definition) is 3. The molecular weight excluding hydrogens is 194 g/mol. The van der Waals surface area contributed by atoms with Crippen LogP contribution in [-0.4, -0.2) is 48.8 Å². The van der Waals surface area contributed by atoms with E-state index in [9.17, 15) is 4.79 Å². The second-order valence-electron chi connectivity index (χ2n) is 4.68. The minimum atomic E-state index is -0.739. The summed E-state index contributed by atoms with van der Waals surface area (Å²) in [6.45, 7) is 8.84. The van der Waals surface area contributed by atoms with E-state index in [1.165, 1.54) is 0 Å². The molecule has 0 radical (unpaired) electrons. The summed E-state index contributed by atoms with van der Waals surface area (Å²) in [5, 5.41) is 0. The van der Waals surface area contributed by atoms with E-state index < -0.39 is 5.60 Å². The molecule has 0 N–H and O–H groups in total. The maximum atomic E-state index is 12.1. The van der Waals surface area contributed by atoms with Crippen LogP contribution in [0.4, 0.5) is 0 Å². The minimum absolute atomic E-state index is 0.0343. The SMILES string of the molecule is COC(C)(C)C(=O)N1C[C@@H](C)O[C@@H](C)C1. The number of methoxy groups -OCH3 is 1. The number of nitrogens with zero attached hydrogens (tertiary/aromatic N) is 1. The van der Waals surface area contributed by atoms with Crippen LogP contribution in [0, 0.1) is 0 Å². The first kappa shape index (κ1) is 12.5. The average molecular weight is 215 g/mol. The summed E-state index contributed by atoms with van der Waals surface area (Å²) >= 11 is 0. The highest BCUT2D eigenvalue weighted by Gasteiger charge is 2.35. The Labute approximate surface area is 91.5 Å². The van der Waals surface area contributed by atoms with Gasteiger partial charge in [-0.3, -0.25) is 4.79 Å². The molecular formula is C11H21NO3. The first-order valence-corrected chi connectivity index (χ1v) is 5.37. The van der Waals surface area contributed by atoms with Gasteiger partial charge >= 0.3 is 0 Å². The van der Waals surface area contributed by atoms with E-state index in [0.29, 0.717) is 13.1 Å². The second kappa shape index (κ2) is 4.49. The molecule has 0 spiro atoms. The van der Waals surface area contributed by atoms with Gasteiger partial charge in [0.1, 0.15) is 5.60 Å². The summed E-state index contributed by atoms with van der Waals surface area (Å²) in [6, 6.07) is 0. The standard InChI is InChI=1S/C11H21NO3/c1-8-6-12(7-9(2)15-8)10(13)11(3,4)14-5/h8-9H,6-7H2,1-5H3/t8-,9+. The van der Waals surface area contributed by atoms with E-state index in [2.05, 4.69) is 0 Å². The van der Waals surface area contributed by atoms with Gasteiger partial charge < -0.3 is 14.4 Å². The van der Waals surface area contributed by atoms with Crippen LogP contribution in [0.2, 0.25) is 0 Å². The zero-order chi connectivity index (χ0) is 11.6. The van der Waals surface area contributed by atoms with Gasteiger partial charge in [-0.05, 0) is 27.7 Å². The van der Waals surface area contributed by atoms with Gasteiger partial charge in [0.15, 0.2) is 0 Å². The highest BCUT2D eigenvalue weighted by Crippen LogP contribution is 2.17. The lowest BCUT2D eigenvalue weighted by Crippen LogP contribution is -2.54. The lowest BCUT2D eigenvalue weighted by atomic mass is 10.1. The van der Waals surface area contributed by atoms with Crippen molar-refractivity contribution in [2.24, 2.45) is 0 Å². The fourth-order valence-corrected chi connectivity index (χ4v) is 1.81. The van der Waals surface area contributed by atoms with Crippen molar-refractivity contribution in [3.05, 3.63) is 0 Å². The number of carbonyl (C=O) groups is 1. The largest absolute Gasteiger partial charge is 0.372 e. The first-order valence-electron chi connectivity index (χ1n) is 5.37. The van der Waals surface area contributed by atoms with Gasteiger partial charge in [-0.2, -0.15) is 0 Å². The Morgan fingerprint density at radius 2 is 1.80 bits per heavy atom. The Balaban J connectivity index is 2.67. The van der Waals surface area contributed by atoms with E-state index in [-0.39, 0.29) is 18.1 Å². The van der Waals surface area contributed by atoms with Crippen LogP contribution < -0.4 is 0 Å². The molecule has 0 aromatic rings. The molecule has 15 heavy (non-hydrogen) atoms. The molecule has 1 aliphatic heterocycles. The van der Waals surface area contributed by atoms with Crippen LogP contribution >= 0.6 is 0 Å². The third kappa shape index (κ3) is 2.92. The summed E-state index contributed by atoms with van der Waals surface area (Å²) in [5.74, 6) is 0.0343. The number of carbonyl (C=O) groups excluding carboxylic acids is 1. The molecule has 1 rings (SSSR count). The van der Waals surface area contributed by atoms with Crippen molar-refractivity contribution in [2.45, 2.75) is 45.5 Å². The maximum Gasteiger partial charge on any atom is 0.254 e. The van der Waals surface area contributed by atoms with Crippen molar-refractivity contribution in [2.75, 3.05) is 20.2 Å². The smallest absolute Gasteiger partial charge is 0.254 e. The Bertz CT molecular complexity index is 230. The van der Waals surface area contributed by atoms with Crippen LogP contribution in [0.5, 0.6) is 0 Å². The minimum Gasteiger partial charge on any atom is -0.372 e. The van der Waals surface area contributed by atoms with E-state index in [1.807, 2.05) is 18.7 Å². The molecule has 1 saturated heterocycles. The van der Waals surface area contributed by atoms with Crippen molar-refractivity contribution in [1.29, 1.82) is 0 Å². The lowest BCUT2D eigenvalue weighted by Gasteiger charge is -2.38. The monoisotopic (exact) mass is 215 g/mol. The third-order valence-corrected chi connectivity index (χ3v) is 2.73. The molecule has 1 amide bonds. The van der Waals surface area contributed by atoms with Crippen LogP contribution in [-0.2, 0) is 14.3 Å². The molecule has 0 aliphatic carbocycles. The molecule has 0 saturated carbocycles. The Morgan fingerprint density at radius 3 is 2.20 bits per heavy atom. The topological polar surface area (TPSA) is 38.8 Å². The number of hydrogen-bond donors (Lipinski definition) is 0. The highest BCUT2D eigenvalue weighted by molar-refractivity contribution is 5.84. The van der Waals surface area contributed by atoms with E-state index in [4.69, 9.17) is 9.47 Å². The first-order chi connectivity index (χ1) is 6.86. The summed E-state index contributed by atoms with van der Waals surface area (Å²) in [7, 11) is 1.56. The normalized spacial score (nSPS) is 27.9. The van der Waals surface area contributed by atoms with Crippen molar-refractivity contribution >= 4 is 5.91 Å². The quantitative estimate of drug-likeness (QED) is 0.691. The van der Waals surface area contributed by atoms with Crippen molar-refractivity contribution in [1.82, 2.24) is 4.90 Å². The van der Waals surface area contributed by atoms with Gasteiger partial charge in [-0.15, -0.1) is 0 Å². The van der Waals surface area contributed by atoms with Gasteiger partial charge in [0.05, 0.1) is 12.2 Å². The molecule has 4 nitrogen and oxygen atoms in total. The fourth-order valence-electron chi connectivity index (χ4n) is 1.81. The summed E-state index contributed by atoms with van der Waals surface area (Å²) in [4.78, 5) is 13.9. The van der Waals surface area contributed by atoms with Gasteiger partial charge in [0.25, 0.3) is 5.91 Å². The Morgan fingerprint density at radius 1 is 1.33 bits per heavy atom. The van der Waals surface area contributed by atoms with E-state index in [1.54, 1.807) is 21.0 Å². The molecule has 0 aromatic heterocycles. The molecule has 0 bridgehead atoms.